The standard InChI is InChI=1S/C6H10N3/c1-3-6(2)9-5-7-4-8-9/h5-6H,3H2,1-2H3. The molecule has 49 valence electrons. The van der Waals surface area contributed by atoms with Crippen molar-refractivity contribution in [2.24, 2.45) is 0 Å². The maximum Gasteiger partial charge on any atom is 0.220 e. The zero-order chi connectivity index (χ0) is 6.69. The van der Waals surface area contributed by atoms with Crippen molar-refractivity contribution in [2.75, 3.05) is 0 Å². The van der Waals surface area contributed by atoms with Crippen molar-refractivity contribution in [2.45, 2.75) is 26.3 Å². The minimum absolute atomic E-state index is 0.448. The Kier molecular flexibility index (Phi) is 1.82. The predicted octanol–water partition coefficient (Wildman–Crippen LogP) is 1.05. The van der Waals surface area contributed by atoms with E-state index < -0.39 is 0 Å². The Morgan fingerprint density at radius 3 is 3.00 bits per heavy atom. The van der Waals surface area contributed by atoms with Gasteiger partial charge < -0.3 is 0 Å². The molecule has 0 aliphatic carbocycles. The van der Waals surface area contributed by atoms with E-state index in [0.29, 0.717) is 6.04 Å². The Morgan fingerprint density at radius 2 is 2.56 bits per heavy atom. The van der Waals surface area contributed by atoms with Crippen molar-refractivity contribution in [3.8, 4) is 0 Å². The fourth-order valence-corrected chi connectivity index (χ4v) is 0.588. The molecule has 0 amide bonds. The van der Waals surface area contributed by atoms with Gasteiger partial charge in [-0.3, -0.25) is 0 Å². The van der Waals surface area contributed by atoms with E-state index >= 15 is 0 Å². The molecule has 0 aliphatic rings. The van der Waals surface area contributed by atoms with Gasteiger partial charge in [0.05, 0.1) is 6.04 Å². The summed E-state index contributed by atoms with van der Waals surface area (Å²) in [5, 5.41) is 3.87. The highest BCUT2D eigenvalue weighted by atomic mass is 15.3. The third-order valence-corrected chi connectivity index (χ3v) is 1.44. The Labute approximate surface area is 54.7 Å². The molecule has 1 atom stereocenters. The van der Waals surface area contributed by atoms with Gasteiger partial charge in [0, 0.05) is 0 Å². The van der Waals surface area contributed by atoms with E-state index in [4.69, 9.17) is 0 Å². The number of aromatic nitrogens is 3. The monoisotopic (exact) mass is 124 g/mol. The van der Waals surface area contributed by atoms with Gasteiger partial charge in [-0.1, -0.05) is 6.92 Å². The van der Waals surface area contributed by atoms with Gasteiger partial charge >= 0.3 is 0 Å². The molecule has 0 spiro atoms. The van der Waals surface area contributed by atoms with Crippen LogP contribution in [0.4, 0.5) is 0 Å². The molecule has 0 N–H and O–H groups in total. The van der Waals surface area contributed by atoms with Crippen molar-refractivity contribution in [3.05, 3.63) is 12.7 Å². The van der Waals surface area contributed by atoms with Crippen LogP contribution in [0.25, 0.3) is 0 Å². The van der Waals surface area contributed by atoms with E-state index in [9.17, 15) is 0 Å². The maximum absolute atomic E-state index is 3.87. The zero-order valence-electron chi connectivity index (χ0n) is 5.70. The molecule has 1 heterocycles. The fourth-order valence-electron chi connectivity index (χ4n) is 0.588. The summed E-state index contributed by atoms with van der Waals surface area (Å²) in [5.41, 5.74) is 0. The summed E-state index contributed by atoms with van der Waals surface area (Å²) in [6.45, 7) is 4.22. The SMILES string of the molecule is CCC(C)n1cn[c]n1. The van der Waals surface area contributed by atoms with Crippen LogP contribution in [0.1, 0.15) is 26.3 Å². The molecule has 0 aliphatic heterocycles. The van der Waals surface area contributed by atoms with E-state index in [2.05, 4.69) is 30.3 Å². The normalized spacial score (nSPS) is 13.6. The van der Waals surface area contributed by atoms with E-state index in [1.807, 2.05) is 0 Å². The Bertz CT molecular complexity index is 157. The minimum atomic E-state index is 0.448. The number of hydrogen-bond donors (Lipinski definition) is 0. The van der Waals surface area contributed by atoms with Gasteiger partial charge in [-0.05, 0) is 13.3 Å². The topological polar surface area (TPSA) is 30.7 Å². The Morgan fingerprint density at radius 1 is 1.78 bits per heavy atom. The summed E-state index contributed by atoms with van der Waals surface area (Å²) in [6, 6.07) is 0.448. The number of nitrogens with zero attached hydrogens (tertiary/aromatic N) is 3. The lowest BCUT2D eigenvalue weighted by atomic mass is 10.3. The first-order valence-corrected chi connectivity index (χ1v) is 3.11. The fraction of sp³-hybridized carbons (Fsp3) is 0.667. The molecule has 1 aromatic rings. The second-order valence-electron chi connectivity index (χ2n) is 2.08. The van der Waals surface area contributed by atoms with E-state index in [1.165, 1.54) is 0 Å². The lowest BCUT2D eigenvalue weighted by Crippen LogP contribution is -2.03. The summed E-state index contributed by atoms with van der Waals surface area (Å²) in [6.07, 6.45) is 5.28. The van der Waals surface area contributed by atoms with E-state index in [-0.39, 0.29) is 0 Å². The first-order chi connectivity index (χ1) is 4.34. The van der Waals surface area contributed by atoms with Crippen LogP contribution in [-0.4, -0.2) is 14.8 Å². The molecule has 0 aromatic carbocycles. The molecule has 0 bridgehead atoms. The van der Waals surface area contributed by atoms with Gasteiger partial charge in [0.25, 0.3) is 0 Å². The largest absolute Gasteiger partial charge is 0.249 e. The smallest absolute Gasteiger partial charge is 0.220 e. The molecule has 3 heteroatoms. The van der Waals surface area contributed by atoms with Crippen molar-refractivity contribution in [1.82, 2.24) is 14.8 Å². The van der Waals surface area contributed by atoms with Crippen LogP contribution in [0, 0.1) is 6.33 Å². The minimum Gasteiger partial charge on any atom is -0.249 e. The summed E-state index contributed by atoms with van der Waals surface area (Å²) < 4.78 is 1.81. The molecule has 1 rings (SSSR count). The summed E-state index contributed by atoms with van der Waals surface area (Å²) in [5.74, 6) is 0. The third kappa shape index (κ3) is 1.28. The van der Waals surface area contributed by atoms with Crippen LogP contribution in [0.3, 0.4) is 0 Å². The highest BCUT2D eigenvalue weighted by Crippen LogP contribution is 2.04. The van der Waals surface area contributed by atoms with Crippen LogP contribution in [0.2, 0.25) is 0 Å². The molecule has 1 aromatic heterocycles. The van der Waals surface area contributed by atoms with Crippen LogP contribution in [-0.2, 0) is 0 Å². The molecule has 3 nitrogen and oxygen atoms in total. The molecule has 0 saturated heterocycles. The van der Waals surface area contributed by atoms with Crippen molar-refractivity contribution in [3.63, 3.8) is 0 Å². The summed E-state index contributed by atoms with van der Waals surface area (Å²) >= 11 is 0. The van der Waals surface area contributed by atoms with Crippen LogP contribution in [0.5, 0.6) is 0 Å². The average molecular weight is 124 g/mol. The molecule has 0 saturated carbocycles. The van der Waals surface area contributed by atoms with Crippen molar-refractivity contribution >= 4 is 0 Å². The number of rotatable bonds is 2. The van der Waals surface area contributed by atoms with Crippen LogP contribution < -0.4 is 0 Å². The number of hydrogen-bond acceptors (Lipinski definition) is 2. The average Bonchev–Trinajstić information content (AvgIpc) is 2.37. The second kappa shape index (κ2) is 2.62. The molecule has 1 radical (unpaired) electrons. The molecule has 0 fully saturated rings. The van der Waals surface area contributed by atoms with Gasteiger partial charge in [-0.2, -0.15) is 0 Å². The van der Waals surface area contributed by atoms with Crippen LogP contribution in [0.15, 0.2) is 6.33 Å². The highest BCUT2D eigenvalue weighted by molar-refractivity contribution is 4.61. The zero-order valence-corrected chi connectivity index (χ0v) is 5.70. The van der Waals surface area contributed by atoms with Gasteiger partial charge in [0.15, 0.2) is 0 Å². The molecular weight excluding hydrogens is 114 g/mol. The Hall–Kier alpha value is -0.860. The molecular formula is C6H10N3. The predicted molar refractivity (Wildman–Crippen MR) is 33.9 cm³/mol. The lowest BCUT2D eigenvalue weighted by Gasteiger charge is -2.05. The van der Waals surface area contributed by atoms with Gasteiger partial charge in [-0.15, -0.1) is 5.10 Å². The van der Waals surface area contributed by atoms with Gasteiger partial charge in [0.1, 0.15) is 6.33 Å². The van der Waals surface area contributed by atoms with E-state index in [0.717, 1.165) is 6.42 Å². The Balaban J connectivity index is 2.65. The summed E-state index contributed by atoms with van der Waals surface area (Å²) in [7, 11) is 0. The maximum atomic E-state index is 3.87. The summed E-state index contributed by atoms with van der Waals surface area (Å²) in [4.78, 5) is 3.72. The van der Waals surface area contributed by atoms with Crippen LogP contribution >= 0.6 is 0 Å². The third-order valence-electron chi connectivity index (χ3n) is 1.44. The quantitative estimate of drug-likeness (QED) is 0.590. The van der Waals surface area contributed by atoms with Crippen molar-refractivity contribution in [1.29, 1.82) is 0 Å². The van der Waals surface area contributed by atoms with Gasteiger partial charge in [-0.25, -0.2) is 9.67 Å². The lowest BCUT2D eigenvalue weighted by molar-refractivity contribution is 0.476. The van der Waals surface area contributed by atoms with Crippen molar-refractivity contribution < 1.29 is 0 Å². The van der Waals surface area contributed by atoms with Gasteiger partial charge in [0.2, 0.25) is 6.33 Å². The van der Waals surface area contributed by atoms with E-state index in [1.54, 1.807) is 11.0 Å². The highest BCUT2D eigenvalue weighted by Gasteiger charge is 1.98. The first-order valence-electron chi connectivity index (χ1n) is 3.11. The first kappa shape index (κ1) is 6.26. The molecule has 9 heavy (non-hydrogen) atoms. The molecule has 1 unspecified atom stereocenters. The second-order valence-corrected chi connectivity index (χ2v) is 2.08.